The third-order valence-electron chi connectivity index (χ3n) is 4.15. The number of hydrogen-bond acceptors (Lipinski definition) is 6. The van der Waals surface area contributed by atoms with Gasteiger partial charge in [0, 0.05) is 0 Å². The van der Waals surface area contributed by atoms with Crippen LogP contribution in [0.4, 0.5) is 16.3 Å². The molecule has 1 amide bonds. The molecule has 1 aromatic rings. The molecule has 0 aliphatic rings. The third kappa shape index (κ3) is 6.41. The molecule has 1 N–H and O–H groups in total. The molecule has 10 heteroatoms. The second-order valence-electron chi connectivity index (χ2n) is 8.62. The molecule has 1 rings (SSSR count). The Hall–Kier alpha value is -1.94. The van der Waals surface area contributed by atoms with Crippen LogP contribution < -0.4 is 5.32 Å². The van der Waals surface area contributed by atoms with Crippen molar-refractivity contribution in [2.45, 2.75) is 71.8 Å². The molecule has 26 heavy (non-hydrogen) atoms. The van der Waals surface area contributed by atoms with Crippen molar-refractivity contribution in [3.63, 3.8) is 0 Å². The number of carbonyl (C=O) groups excluding carboxylic acids is 1. The van der Waals surface area contributed by atoms with E-state index in [4.69, 9.17) is 9.16 Å². The predicted molar refractivity (Wildman–Crippen MR) is 102 cm³/mol. The van der Waals surface area contributed by atoms with Gasteiger partial charge in [-0.15, -0.1) is 5.10 Å². The minimum absolute atomic E-state index is 0.0759. The van der Waals surface area contributed by atoms with Crippen LogP contribution in [0.2, 0.25) is 18.1 Å². The highest BCUT2D eigenvalue weighted by atomic mass is 28.4. The van der Waals surface area contributed by atoms with Gasteiger partial charge in [-0.1, -0.05) is 20.8 Å². The SMILES string of the molecule is CC(C)(C)OC(=O)Nc1nn(CCO[Si](C)(C)C(C)(C)C)cc1[N+](=O)[O-]. The molecule has 0 fully saturated rings. The van der Waals surface area contributed by atoms with Gasteiger partial charge in [0.1, 0.15) is 11.8 Å². The van der Waals surface area contributed by atoms with E-state index in [1.807, 2.05) is 0 Å². The summed E-state index contributed by atoms with van der Waals surface area (Å²) in [5.41, 5.74) is -0.999. The lowest BCUT2D eigenvalue weighted by atomic mass is 10.2. The van der Waals surface area contributed by atoms with Crippen molar-refractivity contribution in [2.75, 3.05) is 11.9 Å². The van der Waals surface area contributed by atoms with Crippen LogP contribution in [0.5, 0.6) is 0 Å². The van der Waals surface area contributed by atoms with Crippen LogP contribution in [0.15, 0.2) is 6.20 Å². The second kappa shape index (κ2) is 7.75. The molecular formula is C16H30N4O5Si. The highest BCUT2D eigenvalue weighted by Crippen LogP contribution is 2.36. The lowest BCUT2D eigenvalue weighted by molar-refractivity contribution is -0.384. The first-order valence-corrected chi connectivity index (χ1v) is 11.4. The third-order valence-corrected chi connectivity index (χ3v) is 8.69. The van der Waals surface area contributed by atoms with Crippen LogP contribution in [0.1, 0.15) is 41.5 Å². The number of rotatable bonds is 6. The van der Waals surface area contributed by atoms with Crippen molar-refractivity contribution in [1.29, 1.82) is 0 Å². The summed E-state index contributed by atoms with van der Waals surface area (Å²) in [5.74, 6) is -0.142. The molecular weight excluding hydrogens is 356 g/mol. The maximum absolute atomic E-state index is 11.8. The molecule has 0 saturated heterocycles. The molecule has 0 saturated carbocycles. The van der Waals surface area contributed by atoms with Crippen molar-refractivity contribution in [3.8, 4) is 0 Å². The van der Waals surface area contributed by atoms with Crippen molar-refractivity contribution < 1.29 is 18.9 Å². The Morgan fingerprint density at radius 1 is 1.31 bits per heavy atom. The summed E-state index contributed by atoms with van der Waals surface area (Å²) in [4.78, 5) is 22.5. The topological polar surface area (TPSA) is 109 Å². The standard InChI is InChI=1S/C16H30N4O5Si/c1-15(2,3)25-14(21)17-13-12(20(22)23)11-19(18-13)9-10-24-26(7,8)16(4,5)6/h11H,9-10H2,1-8H3,(H,17,18,21). The van der Waals surface area contributed by atoms with Crippen LogP contribution in [0.3, 0.4) is 0 Å². The average Bonchev–Trinajstić information content (AvgIpc) is 2.77. The number of carbonyl (C=O) groups is 1. The number of anilines is 1. The van der Waals surface area contributed by atoms with Gasteiger partial charge in [-0.2, -0.15) is 0 Å². The quantitative estimate of drug-likeness (QED) is 0.447. The maximum atomic E-state index is 11.8. The first-order valence-electron chi connectivity index (χ1n) is 8.48. The van der Waals surface area contributed by atoms with Gasteiger partial charge in [0.25, 0.3) is 0 Å². The van der Waals surface area contributed by atoms with Gasteiger partial charge in [0.15, 0.2) is 8.32 Å². The Morgan fingerprint density at radius 2 is 1.88 bits per heavy atom. The smallest absolute Gasteiger partial charge is 0.413 e. The number of nitrogens with zero attached hydrogens (tertiary/aromatic N) is 3. The Bertz CT molecular complexity index is 659. The van der Waals surface area contributed by atoms with Crippen LogP contribution in [0.25, 0.3) is 0 Å². The average molecular weight is 387 g/mol. The first kappa shape index (κ1) is 22.1. The first-order chi connectivity index (χ1) is 11.6. The highest BCUT2D eigenvalue weighted by Gasteiger charge is 2.37. The van der Waals surface area contributed by atoms with E-state index in [1.165, 1.54) is 10.9 Å². The molecule has 0 radical (unpaired) electrons. The van der Waals surface area contributed by atoms with E-state index in [0.717, 1.165) is 0 Å². The number of aromatic nitrogens is 2. The van der Waals surface area contributed by atoms with E-state index in [9.17, 15) is 14.9 Å². The molecule has 0 unspecified atom stereocenters. The van der Waals surface area contributed by atoms with Gasteiger partial charge in [-0.3, -0.25) is 20.1 Å². The van der Waals surface area contributed by atoms with Crippen molar-refractivity contribution in [2.24, 2.45) is 0 Å². The predicted octanol–water partition coefficient (Wildman–Crippen LogP) is 4.16. The summed E-state index contributed by atoms with van der Waals surface area (Å²) in [5, 5.41) is 17.7. The van der Waals surface area contributed by atoms with Crippen LogP contribution in [-0.4, -0.2) is 41.3 Å². The summed E-state index contributed by atoms with van der Waals surface area (Å²) >= 11 is 0. The minimum atomic E-state index is -1.91. The van der Waals surface area contributed by atoms with Crippen molar-refractivity contribution >= 4 is 25.9 Å². The van der Waals surface area contributed by atoms with Gasteiger partial charge in [0.2, 0.25) is 5.82 Å². The molecule has 0 bridgehead atoms. The lowest BCUT2D eigenvalue weighted by Crippen LogP contribution is -2.41. The number of nitro groups is 1. The highest BCUT2D eigenvalue weighted by molar-refractivity contribution is 6.74. The normalized spacial score (nSPS) is 12.8. The Labute approximate surface area is 155 Å². The molecule has 0 atom stereocenters. The summed E-state index contributed by atoms with van der Waals surface area (Å²) < 4.78 is 12.6. The fourth-order valence-corrected chi connectivity index (χ4v) is 2.79. The number of ether oxygens (including phenoxy) is 1. The molecule has 1 heterocycles. The van der Waals surface area contributed by atoms with E-state index in [2.05, 4.69) is 44.3 Å². The largest absolute Gasteiger partial charge is 0.444 e. The second-order valence-corrected chi connectivity index (χ2v) is 13.4. The molecule has 0 spiro atoms. The van der Waals surface area contributed by atoms with E-state index >= 15 is 0 Å². The van der Waals surface area contributed by atoms with Crippen LogP contribution in [0, 0.1) is 10.1 Å². The van der Waals surface area contributed by atoms with E-state index < -0.39 is 24.9 Å². The fraction of sp³-hybridized carbons (Fsp3) is 0.750. The Balaban J connectivity index is 2.80. The Morgan fingerprint density at radius 3 is 2.35 bits per heavy atom. The zero-order chi connectivity index (χ0) is 20.3. The number of nitrogens with one attached hydrogen (secondary N) is 1. The minimum Gasteiger partial charge on any atom is -0.444 e. The van der Waals surface area contributed by atoms with E-state index in [-0.39, 0.29) is 16.5 Å². The van der Waals surface area contributed by atoms with Crippen LogP contribution in [-0.2, 0) is 15.7 Å². The van der Waals surface area contributed by atoms with Gasteiger partial charge >= 0.3 is 11.8 Å². The summed E-state index contributed by atoms with van der Waals surface area (Å²) in [6.45, 7) is 16.5. The monoisotopic (exact) mass is 386 g/mol. The zero-order valence-corrected chi connectivity index (χ0v) is 17.9. The van der Waals surface area contributed by atoms with Crippen molar-refractivity contribution in [1.82, 2.24) is 9.78 Å². The summed E-state index contributed by atoms with van der Waals surface area (Å²) in [6, 6.07) is 0. The maximum Gasteiger partial charge on any atom is 0.413 e. The molecule has 148 valence electrons. The van der Waals surface area contributed by atoms with Crippen LogP contribution >= 0.6 is 0 Å². The Kier molecular flexibility index (Phi) is 6.58. The lowest BCUT2D eigenvalue weighted by Gasteiger charge is -2.36. The summed E-state index contributed by atoms with van der Waals surface area (Å²) in [6.07, 6.45) is 0.491. The van der Waals surface area contributed by atoms with Gasteiger partial charge < -0.3 is 9.16 Å². The van der Waals surface area contributed by atoms with Gasteiger partial charge in [-0.05, 0) is 38.9 Å². The van der Waals surface area contributed by atoms with E-state index in [0.29, 0.717) is 13.2 Å². The molecule has 0 aliphatic heterocycles. The summed E-state index contributed by atoms with van der Waals surface area (Å²) in [7, 11) is -1.91. The van der Waals surface area contributed by atoms with Crippen molar-refractivity contribution in [3.05, 3.63) is 16.3 Å². The van der Waals surface area contributed by atoms with Gasteiger partial charge in [-0.25, -0.2) is 4.79 Å². The molecule has 0 aromatic carbocycles. The van der Waals surface area contributed by atoms with E-state index in [1.54, 1.807) is 20.8 Å². The molecule has 0 aliphatic carbocycles. The fourth-order valence-electron chi connectivity index (χ4n) is 1.76. The number of amides is 1. The number of hydrogen-bond donors (Lipinski definition) is 1. The molecule has 1 aromatic heterocycles. The molecule has 9 nitrogen and oxygen atoms in total. The zero-order valence-electron chi connectivity index (χ0n) is 16.9. The van der Waals surface area contributed by atoms with Gasteiger partial charge in [0.05, 0.1) is 18.1 Å².